The molecule has 0 spiro atoms. The molecule has 10 aliphatic rings. The monoisotopic (exact) mass is 1580 g/mol. The predicted molar refractivity (Wildman–Crippen MR) is 429 cm³/mol. The first-order valence-electron chi connectivity index (χ1n) is 40.5. The molecule has 8 saturated heterocycles. The van der Waals surface area contributed by atoms with Crippen molar-refractivity contribution < 1.29 is 51.5 Å². The lowest BCUT2D eigenvalue weighted by molar-refractivity contribution is -0.137. The standard InChI is InChI=1S/C43H43FN10O4.C30H35FN8.C13H9FN2O4/c44-28-5-1-4-27(24-28)34-7-3-17-52(34)39-13-12-37-45-26-36(54(37)48-39)33-6-2-8-38(46-33)51-22-20-50(21-23-51)29-15-18-49(19-16-29)30-9-10-31-32(25-30)43(58)53(42(31)57)35-11-14-40(55)47-41(35)56;31-23-5-1-4-22(20-23)26-7-3-15-38(26)30-10-9-28-33-21-27(39(28)35-30)25-6-2-8-29(34-25)37-18-16-36(17-19-37)24-11-13-32-14-12-24;14-6-1-2-7-8(5-6)13(20)16(12(7)19)9-3-4-10(17)15-11(9)18/h1-2,4-6,8-10,12-13,24-26,29,34-35H,3,7,11,14-23H2,(H,47,55,56);1-2,4-6,8-10,20-21,24,26,32H,3,7,11-19H2;1-2,5,9H,3-4H2,(H,15,17,18)/t34-,35?;26-;/m11./s1. The average Bonchev–Trinajstić information content (AvgIpc) is 1.60. The molecule has 2 unspecified atom stereocenters. The van der Waals surface area contributed by atoms with E-state index in [1.807, 2.05) is 82.1 Å². The zero-order valence-corrected chi connectivity index (χ0v) is 64.4. The van der Waals surface area contributed by atoms with Crippen molar-refractivity contribution in [1.82, 2.24) is 74.7 Å². The van der Waals surface area contributed by atoms with Gasteiger partial charge in [-0.25, -0.2) is 42.1 Å². The summed E-state index contributed by atoms with van der Waals surface area (Å²) in [5.74, 6) is -1.86. The van der Waals surface area contributed by atoms with Crippen LogP contribution in [0.1, 0.15) is 142 Å². The van der Waals surface area contributed by atoms with E-state index in [0.29, 0.717) is 23.2 Å². The van der Waals surface area contributed by atoms with Gasteiger partial charge in [-0.2, -0.15) is 0 Å². The van der Waals surface area contributed by atoms with E-state index in [9.17, 15) is 51.5 Å². The maximum Gasteiger partial charge on any atom is 0.262 e. The third kappa shape index (κ3) is 15.2. The highest BCUT2D eigenvalue weighted by atomic mass is 19.1. The topological polar surface area (TPSA) is 288 Å². The fourth-order valence-corrected chi connectivity index (χ4v) is 18.5. The summed E-state index contributed by atoms with van der Waals surface area (Å²) in [6.45, 7) is 13.3. The first-order valence-corrected chi connectivity index (χ1v) is 40.5. The lowest BCUT2D eigenvalue weighted by atomic mass is 10.0. The third-order valence-electron chi connectivity index (χ3n) is 24.5. The highest BCUT2D eigenvalue weighted by Crippen LogP contribution is 2.40. The normalized spacial score (nSPS) is 21.8. The fraction of sp³-hybridized carbons (Fsp3) is 0.372. The maximum atomic E-state index is 14.1. The molecule has 16 heterocycles. The van der Waals surface area contributed by atoms with Gasteiger partial charge in [-0.3, -0.25) is 68.6 Å². The largest absolute Gasteiger partial charge is 0.371 e. The van der Waals surface area contributed by atoms with Crippen LogP contribution >= 0.6 is 0 Å². The van der Waals surface area contributed by atoms with E-state index in [0.717, 1.165) is 226 Å². The first-order chi connectivity index (χ1) is 57.0. The molecule has 31 heteroatoms. The van der Waals surface area contributed by atoms with Crippen molar-refractivity contribution in [2.75, 3.05) is 116 Å². The maximum absolute atomic E-state index is 14.1. The Hall–Kier alpha value is -12.4. The molecule has 117 heavy (non-hydrogen) atoms. The van der Waals surface area contributed by atoms with Crippen LogP contribution in [-0.2, 0) is 19.2 Å². The molecular formula is C86H87F3N20O8. The van der Waals surface area contributed by atoms with Crippen LogP contribution in [0.4, 0.5) is 42.1 Å². The van der Waals surface area contributed by atoms with E-state index < -0.39 is 65.2 Å². The van der Waals surface area contributed by atoms with Gasteiger partial charge >= 0.3 is 0 Å². The highest BCUT2D eigenvalue weighted by molar-refractivity contribution is 6.24. The van der Waals surface area contributed by atoms with Crippen LogP contribution in [0.2, 0.25) is 0 Å². The summed E-state index contributed by atoms with van der Waals surface area (Å²) in [4.78, 5) is 136. The number of benzene rings is 4. The smallest absolute Gasteiger partial charge is 0.262 e. The second-order valence-corrected chi connectivity index (χ2v) is 31.3. The number of pyridine rings is 2. The van der Waals surface area contributed by atoms with Crippen molar-refractivity contribution in [3.63, 3.8) is 0 Å². The van der Waals surface area contributed by atoms with Gasteiger partial charge in [0.25, 0.3) is 23.6 Å². The predicted octanol–water partition coefficient (Wildman–Crippen LogP) is 8.84. The molecule has 10 aliphatic heterocycles. The summed E-state index contributed by atoms with van der Waals surface area (Å²) in [6.07, 6.45) is 12.5. The van der Waals surface area contributed by atoms with Crippen LogP contribution in [-0.4, -0.2) is 222 Å². The molecular weight excluding hydrogens is 1500 g/mol. The number of nitrogens with one attached hydrogen (secondary N) is 3. The molecule has 8 fully saturated rings. The molecule has 6 aromatic heterocycles. The molecule has 3 N–H and O–H groups in total. The number of hydrogen-bond donors (Lipinski definition) is 3. The van der Waals surface area contributed by atoms with E-state index in [4.69, 9.17) is 20.2 Å². The van der Waals surface area contributed by atoms with Gasteiger partial charge in [0.2, 0.25) is 23.6 Å². The molecule has 4 atom stereocenters. The van der Waals surface area contributed by atoms with Gasteiger partial charge in [0.15, 0.2) is 11.3 Å². The molecule has 8 amide bonds. The molecule has 600 valence electrons. The van der Waals surface area contributed by atoms with Crippen molar-refractivity contribution >= 4 is 87.5 Å². The number of carbonyl (C=O) groups is 8. The van der Waals surface area contributed by atoms with Crippen LogP contribution in [0, 0.1) is 17.5 Å². The van der Waals surface area contributed by atoms with Crippen LogP contribution in [0.3, 0.4) is 0 Å². The molecule has 0 bridgehead atoms. The Bertz CT molecular complexity index is 5560. The Morgan fingerprint density at radius 1 is 0.368 bits per heavy atom. The number of piperidine rings is 4. The summed E-state index contributed by atoms with van der Waals surface area (Å²) < 4.78 is 45.0. The average molecular weight is 1590 g/mol. The number of piperazine rings is 2. The van der Waals surface area contributed by atoms with E-state index in [1.54, 1.807) is 36.4 Å². The van der Waals surface area contributed by atoms with Gasteiger partial charge in [0, 0.05) is 109 Å². The van der Waals surface area contributed by atoms with Crippen LogP contribution in [0.5, 0.6) is 0 Å². The van der Waals surface area contributed by atoms with Gasteiger partial charge in [0.05, 0.1) is 58.1 Å². The van der Waals surface area contributed by atoms with Crippen molar-refractivity contribution in [3.05, 3.63) is 209 Å². The number of rotatable bonds is 13. The van der Waals surface area contributed by atoms with Gasteiger partial charge < -0.3 is 29.8 Å². The van der Waals surface area contributed by atoms with E-state index in [2.05, 4.69) is 78.4 Å². The molecule has 0 aliphatic carbocycles. The van der Waals surface area contributed by atoms with Gasteiger partial charge in [-0.1, -0.05) is 36.4 Å². The Labute approximate surface area is 671 Å². The van der Waals surface area contributed by atoms with Gasteiger partial charge in [0.1, 0.15) is 64.2 Å². The molecule has 0 radical (unpaired) electrons. The van der Waals surface area contributed by atoms with Gasteiger partial charge in [-0.05, 0) is 198 Å². The quantitative estimate of drug-likeness (QED) is 0.0908. The molecule has 10 aromatic rings. The third-order valence-corrected chi connectivity index (χ3v) is 24.5. The van der Waals surface area contributed by atoms with Crippen molar-refractivity contribution in [2.45, 2.75) is 113 Å². The number of anilines is 5. The van der Waals surface area contributed by atoms with Gasteiger partial charge in [-0.15, -0.1) is 10.2 Å². The van der Waals surface area contributed by atoms with Crippen molar-refractivity contribution in [1.29, 1.82) is 0 Å². The number of imide groups is 4. The second-order valence-electron chi connectivity index (χ2n) is 31.3. The molecule has 28 nitrogen and oxygen atoms in total. The zero-order valence-electron chi connectivity index (χ0n) is 64.4. The van der Waals surface area contributed by atoms with Crippen LogP contribution in [0.25, 0.3) is 34.1 Å². The van der Waals surface area contributed by atoms with E-state index >= 15 is 0 Å². The number of carbonyl (C=O) groups excluding carboxylic acids is 8. The lowest BCUT2D eigenvalue weighted by Crippen LogP contribution is -2.54. The van der Waals surface area contributed by atoms with Crippen molar-refractivity contribution in [3.8, 4) is 22.8 Å². The first kappa shape index (κ1) is 76.0. The number of halogens is 3. The van der Waals surface area contributed by atoms with Crippen LogP contribution in [0.15, 0.2) is 158 Å². The Kier molecular flexibility index (Phi) is 21.0. The number of aromatic nitrogens is 8. The van der Waals surface area contributed by atoms with E-state index in [1.165, 1.54) is 31.0 Å². The summed E-state index contributed by atoms with van der Waals surface area (Å²) in [6, 6.07) is 42.1. The summed E-state index contributed by atoms with van der Waals surface area (Å²) in [7, 11) is 0. The minimum absolute atomic E-state index is 0.0537. The fourth-order valence-electron chi connectivity index (χ4n) is 18.5. The Balaban J connectivity index is 0.000000137. The van der Waals surface area contributed by atoms with Crippen LogP contribution < -0.4 is 40.4 Å². The minimum Gasteiger partial charge on any atom is -0.371 e. The molecule has 20 rings (SSSR count). The number of nitrogens with zero attached hydrogens (tertiary/aromatic N) is 17. The number of amides is 8. The highest BCUT2D eigenvalue weighted by Gasteiger charge is 2.47. The SMILES string of the molecule is Fc1cccc([C@H]2CCCN2c2ccc3ncc(-c4cccc(N5CCN(C6CCNCC6)CC5)n4)n3n2)c1.O=C1CCC(N2C(=O)c3ccc(F)cc3C2=O)C(=O)N1.O=C1CCC(N2C(=O)c3ccc(N4CCC(N5CCN(c6cccc(-c7cnc8ccc(N9CCC[C@@H]9c9cccc(F)c9)nn78)n6)CC5)CC4)cc3C2=O)C(=O)N1. The zero-order chi connectivity index (χ0) is 80.1. The van der Waals surface area contributed by atoms with E-state index in [-0.39, 0.29) is 60.5 Å². The van der Waals surface area contributed by atoms with Crippen molar-refractivity contribution in [2.24, 2.45) is 0 Å². The second kappa shape index (κ2) is 32.4. The number of imidazole rings is 2. The summed E-state index contributed by atoms with van der Waals surface area (Å²) in [5.41, 5.74) is 8.36. The Morgan fingerprint density at radius 2 is 0.812 bits per heavy atom. The minimum atomic E-state index is -1.02. The summed E-state index contributed by atoms with van der Waals surface area (Å²) in [5, 5.41) is 17.9. The molecule has 4 aromatic carbocycles. The molecule has 0 saturated carbocycles. The Morgan fingerprint density at radius 3 is 1.29 bits per heavy atom. The number of hydrogen-bond acceptors (Lipinski definition) is 22. The lowest BCUT2D eigenvalue weighted by Gasteiger charge is -2.43. The summed E-state index contributed by atoms with van der Waals surface area (Å²) >= 11 is 0. The number of fused-ring (bicyclic) bond motifs is 4.